The Morgan fingerprint density at radius 3 is 2.21 bits per heavy atom. The van der Waals surface area contributed by atoms with Gasteiger partial charge in [0.2, 0.25) is 11.8 Å². The first-order chi connectivity index (χ1) is 13.4. The highest BCUT2D eigenvalue weighted by atomic mass is 16.4. The SMILES string of the molecule is CC(=O)N[C@H](Cc1ccccc1)C(=O)N[C@H](Cc1ccccc1C#N)C(=O)O. The lowest BCUT2D eigenvalue weighted by atomic mass is 10.00. The number of carbonyl (C=O) groups excluding carboxylic acids is 2. The van der Waals surface area contributed by atoms with Gasteiger partial charge in [-0.25, -0.2) is 4.79 Å². The number of carbonyl (C=O) groups is 3. The van der Waals surface area contributed by atoms with Crippen molar-refractivity contribution in [1.82, 2.24) is 10.6 Å². The molecule has 0 aliphatic heterocycles. The Bertz CT molecular complexity index is 890. The van der Waals surface area contributed by atoms with E-state index >= 15 is 0 Å². The highest BCUT2D eigenvalue weighted by Crippen LogP contribution is 2.11. The van der Waals surface area contributed by atoms with Crippen LogP contribution < -0.4 is 10.6 Å². The maximum Gasteiger partial charge on any atom is 0.326 e. The Hall–Kier alpha value is -3.66. The second-order valence-corrected chi connectivity index (χ2v) is 6.32. The van der Waals surface area contributed by atoms with Gasteiger partial charge in [0.15, 0.2) is 0 Å². The molecule has 0 aliphatic rings. The molecule has 0 bridgehead atoms. The summed E-state index contributed by atoms with van der Waals surface area (Å²) in [5.41, 5.74) is 1.71. The zero-order chi connectivity index (χ0) is 20.5. The minimum atomic E-state index is -1.23. The number of benzene rings is 2. The van der Waals surface area contributed by atoms with Crippen molar-refractivity contribution in [1.29, 1.82) is 5.26 Å². The molecule has 0 radical (unpaired) electrons. The Morgan fingerprint density at radius 2 is 1.61 bits per heavy atom. The Morgan fingerprint density at radius 1 is 0.964 bits per heavy atom. The molecule has 0 heterocycles. The van der Waals surface area contributed by atoms with Gasteiger partial charge in [-0.2, -0.15) is 5.26 Å². The Labute approximate surface area is 163 Å². The molecule has 7 heteroatoms. The third-order valence-corrected chi connectivity index (χ3v) is 4.15. The molecule has 144 valence electrons. The molecule has 0 saturated carbocycles. The largest absolute Gasteiger partial charge is 0.480 e. The predicted octanol–water partition coefficient (Wildman–Crippen LogP) is 1.42. The van der Waals surface area contributed by atoms with E-state index in [1.165, 1.54) is 6.92 Å². The van der Waals surface area contributed by atoms with Crippen molar-refractivity contribution in [2.75, 3.05) is 0 Å². The number of carboxylic acids is 1. The zero-order valence-corrected chi connectivity index (χ0v) is 15.4. The van der Waals surface area contributed by atoms with Gasteiger partial charge in [0.25, 0.3) is 0 Å². The number of nitrogens with zero attached hydrogens (tertiary/aromatic N) is 1. The van der Waals surface area contributed by atoms with Gasteiger partial charge in [-0.3, -0.25) is 9.59 Å². The van der Waals surface area contributed by atoms with Gasteiger partial charge in [-0.1, -0.05) is 48.5 Å². The fourth-order valence-electron chi connectivity index (χ4n) is 2.80. The fraction of sp³-hybridized carbons (Fsp3) is 0.238. The summed E-state index contributed by atoms with van der Waals surface area (Å²) in [6, 6.07) is 15.6. The molecule has 2 rings (SSSR count). The first kappa shape index (κ1) is 20.6. The molecule has 0 spiro atoms. The number of nitriles is 1. The van der Waals surface area contributed by atoms with Crippen molar-refractivity contribution in [3.8, 4) is 6.07 Å². The number of carboxylic acid groups (broad SMARTS) is 1. The molecular formula is C21H21N3O4. The van der Waals surface area contributed by atoms with Crippen LogP contribution in [0.2, 0.25) is 0 Å². The summed E-state index contributed by atoms with van der Waals surface area (Å²) >= 11 is 0. The number of aliphatic carboxylic acids is 1. The second kappa shape index (κ2) is 9.88. The topological polar surface area (TPSA) is 119 Å². The van der Waals surface area contributed by atoms with Crippen molar-refractivity contribution in [3.63, 3.8) is 0 Å². The average molecular weight is 379 g/mol. The van der Waals surface area contributed by atoms with Crippen LogP contribution in [0.3, 0.4) is 0 Å². The molecule has 0 saturated heterocycles. The summed E-state index contributed by atoms with van der Waals surface area (Å²) in [4.78, 5) is 35.8. The number of hydrogen-bond donors (Lipinski definition) is 3. The van der Waals surface area contributed by atoms with Crippen LogP contribution in [0.5, 0.6) is 0 Å². The van der Waals surface area contributed by atoms with E-state index < -0.39 is 29.9 Å². The molecule has 3 N–H and O–H groups in total. The predicted molar refractivity (Wildman–Crippen MR) is 102 cm³/mol. The zero-order valence-electron chi connectivity index (χ0n) is 15.4. The Kier molecular flexibility index (Phi) is 7.28. The molecule has 28 heavy (non-hydrogen) atoms. The van der Waals surface area contributed by atoms with Gasteiger partial charge in [0.05, 0.1) is 11.6 Å². The normalized spacial score (nSPS) is 12.3. The molecule has 7 nitrogen and oxygen atoms in total. The second-order valence-electron chi connectivity index (χ2n) is 6.32. The summed E-state index contributed by atoms with van der Waals surface area (Å²) in [6.45, 7) is 1.29. The van der Waals surface area contributed by atoms with Crippen LogP contribution in [0.15, 0.2) is 54.6 Å². The molecule has 0 aromatic heterocycles. The van der Waals surface area contributed by atoms with Crippen LogP contribution in [0, 0.1) is 11.3 Å². The van der Waals surface area contributed by atoms with Gasteiger partial charge in [0.1, 0.15) is 12.1 Å². The third kappa shape index (κ3) is 5.95. The van der Waals surface area contributed by atoms with Gasteiger partial charge >= 0.3 is 5.97 Å². The number of nitrogens with one attached hydrogen (secondary N) is 2. The molecule has 2 amide bonds. The molecule has 2 aromatic carbocycles. The van der Waals surface area contributed by atoms with Gasteiger partial charge in [-0.05, 0) is 17.2 Å². The van der Waals surface area contributed by atoms with E-state index in [0.29, 0.717) is 11.1 Å². The molecule has 0 unspecified atom stereocenters. The maximum atomic E-state index is 12.7. The van der Waals surface area contributed by atoms with Crippen molar-refractivity contribution >= 4 is 17.8 Å². The van der Waals surface area contributed by atoms with Crippen LogP contribution in [0.1, 0.15) is 23.6 Å². The first-order valence-corrected chi connectivity index (χ1v) is 8.73. The number of hydrogen-bond acceptors (Lipinski definition) is 4. The Balaban J connectivity index is 2.16. The third-order valence-electron chi connectivity index (χ3n) is 4.15. The van der Waals surface area contributed by atoms with E-state index in [4.69, 9.17) is 0 Å². The smallest absolute Gasteiger partial charge is 0.326 e. The van der Waals surface area contributed by atoms with Crippen LogP contribution in [0.25, 0.3) is 0 Å². The van der Waals surface area contributed by atoms with Crippen molar-refractivity contribution in [2.45, 2.75) is 31.8 Å². The fourth-order valence-corrected chi connectivity index (χ4v) is 2.80. The van der Waals surface area contributed by atoms with Crippen LogP contribution in [-0.2, 0) is 27.2 Å². The molecule has 2 atom stereocenters. The summed E-state index contributed by atoms with van der Waals surface area (Å²) in [5.74, 6) is -2.21. The van der Waals surface area contributed by atoms with Crippen LogP contribution in [-0.4, -0.2) is 35.0 Å². The minimum Gasteiger partial charge on any atom is -0.480 e. The van der Waals surface area contributed by atoms with Gasteiger partial charge < -0.3 is 15.7 Å². The quantitative estimate of drug-likeness (QED) is 0.641. The minimum absolute atomic E-state index is 0.0388. The van der Waals surface area contributed by atoms with Crippen LogP contribution >= 0.6 is 0 Å². The van der Waals surface area contributed by atoms with Crippen molar-refractivity contribution < 1.29 is 19.5 Å². The summed E-state index contributed by atoms with van der Waals surface area (Å²) in [6.07, 6.45) is 0.191. The van der Waals surface area contributed by atoms with Crippen molar-refractivity contribution in [3.05, 3.63) is 71.3 Å². The van der Waals surface area contributed by atoms with E-state index in [9.17, 15) is 24.8 Å². The van der Waals surface area contributed by atoms with E-state index in [-0.39, 0.29) is 12.8 Å². The van der Waals surface area contributed by atoms with Gasteiger partial charge in [0, 0.05) is 19.8 Å². The summed E-state index contributed by atoms with van der Waals surface area (Å²) < 4.78 is 0. The monoisotopic (exact) mass is 379 g/mol. The first-order valence-electron chi connectivity index (χ1n) is 8.73. The lowest BCUT2D eigenvalue weighted by Crippen LogP contribution is -2.52. The van der Waals surface area contributed by atoms with E-state index in [0.717, 1.165) is 5.56 Å². The van der Waals surface area contributed by atoms with Gasteiger partial charge in [-0.15, -0.1) is 0 Å². The summed E-state index contributed by atoms with van der Waals surface area (Å²) in [7, 11) is 0. The standard InChI is InChI=1S/C21H21N3O4/c1-14(25)23-18(11-15-7-3-2-4-8-15)20(26)24-19(21(27)28)12-16-9-5-6-10-17(16)13-22/h2-10,18-19H,11-12H2,1H3,(H,23,25)(H,24,26)(H,27,28)/t18-,19-/m1/s1. The number of rotatable bonds is 8. The molecule has 2 aromatic rings. The van der Waals surface area contributed by atoms with E-state index in [1.54, 1.807) is 24.3 Å². The van der Waals surface area contributed by atoms with Crippen LogP contribution in [0.4, 0.5) is 0 Å². The van der Waals surface area contributed by atoms with E-state index in [2.05, 4.69) is 10.6 Å². The highest BCUT2D eigenvalue weighted by molar-refractivity contribution is 5.90. The highest BCUT2D eigenvalue weighted by Gasteiger charge is 2.27. The summed E-state index contributed by atoms with van der Waals surface area (Å²) in [5, 5.41) is 23.7. The van der Waals surface area contributed by atoms with Crippen molar-refractivity contribution in [2.24, 2.45) is 0 Å². The average Bonchev–Trinajstić information content (AvgIpc) is 2.67. The maximum absolute atomic E-state index is 12.7. The van der Waals surface area contributed by atoms with E-state index in [1.807, 2.05) is 36.4 Å². The lowest BCUT2D eigenvalue weighted by molar-refractivity contribution is -0.142. The molecule has 0 fully saturated rings. The molecule has 0 aliphatic carbocycles. The molecular weight excluding hydrogens is 358 g/mol. The lowest BCUT2D eigenvalue weighted by Gasteiger charge is -2.21. The number of amides is 2.